The van der Waals surface area contributed by atoms with Crippen molar-refractivity contribution in [3.63, 3.8) is 0 Å². The number of aldehydes is 1. The third kappa shape index (κ3) is 13.1. The van der Waals surface area contributed by atoms with Gasteiger partial charge in [0.05, 0.1) is 51.2 Å². The van der Waals surface area contributed by atoms with Gasteiger partial charge in [-0.05, 0) is 106 Å². The third-order valence-electron chi connectivity index (χ3n) is 9.17. The number of benzene rings is 6. The van der Waals surface area contributed by atoms with E-state index in [2.05, 4.69) is 0 Å². The highest BCUT2D eigenvalue weighted by Crippen LogP contribution is 2.42. The Morgan fingerprint density at radius 1 is 0.387 bits per heavy atom. The van der Waals surface area contributed by atoms with Gasteiger partial charge >= 0.3 is 34.7 Å². The van der Waals surface area contributed by atoms with Gasteiger partial charge in [-0.3, -0.25) is 24.0 Å². The molecule has 0 aliphatic rings. The summed E-state index contributed by atoms with van der Waals surface area (Å²) in [6.45, 7) is 0. The molecule has 0 amide bonds. The van der Waals surface area contributed by atoms with Crippen LogP contribution in [0.15, 0.2) is 146 Å². The van der Waals surface area contributed by atoms with Gasteiger partial charge in [-0.1, -0.05) is 72.8 Å². The molecule has 0 fully saturated rings. The molecule has 14 heteroatoms. The van der Waals surface area contributed by atoms with Gasteiger partial charge in [0.15, 0.2) is 12.1 Å². The van der Waals surface area contributed by atoms with Gasteiger partial charge in [0.25, 0.3) is 0 Å². The van der Waals surface area contributed by atoms with E-state index in [9.17, 15) is 24.0 Å². The van der Waals surface area contributed by atoms with Crippen LogP contribution in [-0.2, 0) is 63.9 Å². The zero-order chi connectivity index (χ0) is 43.8. The van der Waals surface area contributed by atoms with Crippen LogP contribution in [0.5, 0.6) is 23.0 Å². The molecular weight excluding hydrogens is 830 g/mol. The first-order chi connectivity index (χ1) is 30.1. The number of Topliss-reactive ketones (excluding diaryl/α,β-unsaturated/α-hetero) is 1. The SMILES string of the molecule is COC(=O)Cc1ccc(OP(Oc2ccc(CC(=O)C=O)cc2)c2ccc(-c3ccc(P(Oc4ccc(CC(=O)OC)cc4)Oc4ccc(CC(=O)OC)cc4)cc3)cc2)cc1. The highest BCUT2D eigenvalue weighted by atomic mass is 31.2. The zero-order valence-electron chi connectivity index (χ0n) is 34.1. The lowest BCUT2D eigenvalue weighted by Crippen LogP contribution is -2.11. The molecule has 0 saturated carbocycles. The largest absolute Gasteiger partial charge is 0.469 e. The molecule has 62 heavy (non-hydrogen) atoms. The first kappa shape index (κ1) is 44.7. The molecule has 6 aromatic carbocycles. The van der Waals surface area contributed by atoms with Gasteiger partial charge in [0, 0.05) is 6.42 Å². The fourth-order valence-corrected chi connectivity index (χ4v) is 8.35. The van der Waals surface area contributed by atoms with Crippen molar-refractivity contribution in [3.8, 4) is 34.1 Å². The summed E-state index contributed by atoms with van der Waals surface area (Å²) in [4.78, 5) is 57.9. The fraction of sp³-hybridized carbons (Fsp3) is 0.146. The van der Waals surface area contributed by atoms with E-state index in [1.807, 2.05) is 48.5 Å². The van der Waals surface area contributed by atoms with Crippen molar-refractivity contribution >= 4 is 57.3 Å². The Morgan fingerprint density at radius 2 is 0.645 bits per heavy atom. The van der Waals surface area contributed by atoms with Crippen molar-refractivity contribution in [1.29, 1.82) is 0 Å². The smallest absolute Gasteiger partial charge is 0.326 e. The lowest BCUT2D eigenvalue weighted by atomic mass is 10.1. The Kier molecular flexibility index (Phi) is 15.9. The number of ketones is 1. The molecule has 1 unspecified atom stereocenters. The van der Waals surface area contributed by atoms with Crippen LogP contribution in [-0.4, -0.2) is 51.3 Å². The third-order valence-corrected chi connectivity index (χ3v) is 12.1. The molecule has 316 valence electrons. The van der Waals surface area contributed by atoms with Crippen molar-refractivity contribution in [2.45, 2.75) is 25.7 Å². The van der Waals surface area contributed by atoms with Crippen LogP contribution in [0, 0.1) is 0 Å². The van der Waals surface area contributed by atoms with Crippen LogP contribution < -0.4 is 28.7 Å². The van der Waals surface area contributed by atoms with E-state index in [4.69, 9.17) is 32.3 Å². The molecule has 6 aromatic rings. The monoisotopic (exact) mass is 872 g/mol. The maximum absolute atomic E-state index is 11.8. The molecule has 6 rings (SSSR count). The average molecular weight is 873 g/mol. The summed E-state index contributed by atoms with van der Waals surface area (Å²) < 4.78 is 40.0. The number of methoxy groups -OCH3 is 3. The van der Waals surface area contributed by atoms with Crippen LogP contribution in [0.4, 0.5) is 0 Å². The summed E-state index contributed by atoms with van der Waals surface area (Å²) in [5, 5.41) is 1.57. The molecule has 0 heterocycles. The summed E-state index contributed by atoms with van der Waals surface area (Å²) in [6.07, 6.45) is 0.715. The minimum atomic E-state index is -1.72. The summed E-state index contributed by atoms with van der Waals surface area (Å²) in [6, 6.07) is 44.0. The van der Waals surface area contributed by atoms with Crippen molar-refractivity contribution in [3.05, 3.63) is 168 Å². The minimum Gasteiger partial charge on any atom is -0.469 e. The zero-order valence-corrected chi connectivity index (χ0v) is 35.8. The van der Waals surface area contributed by atoms with E-state index >= 15 is 0 Å². The van der Waals surface area contributed by atoms with E-state index in [1.54, 1.807) is 97.1 Å². The highest BCUT2D eigenvalue weighted by molar-refractivity contribution is 7.57. The topological polar surface area (TPSA) is 150 Å². The predicted molar refractivity (Wildman–Crippen MR) is 235 cm³/mol. The Labute approximate surface area is 361 Å². The number of esters is 3. The van der Waals surface area contributed by atoms with E-state index in [0.717, 1.165) is 38.4 Å². The molecule has 12 nitrogen and oxygen atoms in total. The Balaban J connectivity index is 1.22. The highest BCUT2D eigenvalue weighted by Gasteiger charge is 2.22. The van der Waals surface area contributed by atoms with Crippen molar-refractivity contribution in [2.75, 3.05) is 21.3 Å². The molecule has 0 aliphatic carbocycles. The first-order valence-corrected chi connectivity index (χ1v) is 21.5. The van der Waals surface area contributed by atoms with Crippen LogP contribution in [0.2, 0.25) is 0 Å². The van der Waals surface area contributed by atoms with Gasteiger partial charge in [0.1, 0.15) is 23.0 Å². The number of hydrogen-bond acceptors (Lipinski definition) is 12. The molecular formula is C48H42O12P2. The molecule has 0 aliphatic heterocycles. The second kappa shape index (κ2) is 22.1. The predicted octanol–water partition coefficient (Wildman–Crippen LogP) is 8.00. The van der Waals surface area contributed by atoms with Gasteiger partial charge in [-0.15, -0.1) is 0 Å². The van der Waals surface area contributed by atoms with Crippen LogP contribution >= 0.6 is 16.8 Å². The number of rotatable bonds is 20. The van der Waals surface area contributed by atoms with Gasteiger partial charge in [-0.25, -0.2) is 0 Å². The molecule has 0 N–H and O–H groups in total. The summed E-state index contributed by atoms with van der Waals surface area (Å²) >= 11 is 0. The average Bonchev–Trinajstić information content (AvgIpc) is 3.31. The number of hydrogen-bond donors (Lipinski definition) is 0. The van der Waals surface area contributed by atoms with Gasteiger partial charge in [0.2, 0.25) is 0 Å². The van der Waals surface area contributed by atoms with E-state index < -0.39 is 22.5 Å². The molecule has 0 aromatic heterocycles. The van der Waals surface area contributed by atoms with Crippen LogP contribution in [0.3, 0.4) is 0 Å². The Morgan fingerprint density at radius 3 is 0.887 bits per heavy atom. The second-order valence-corrected chi connectivity index (χ2v) is 16.4. The van der Waals surface area contributed by atoms with Gasteiger partial charge in [-0.2, -0.15) is 0 Å². The number of carbonyl (C=O) groups is 5. The summed E-state index contributed by atoms with van der Waals surface area (Å²) in [7, 11) is 0.631. The first-order valence-electron chi connectivity index (χ1n) is 19.2. The van der Waals surface area contributed by atoms with Crippen molar-refractivity contribution in [1.82, 2.24) is 0 Å². The van der Waals surface area contributed by atoms with E-state index in [0.29, 0.717) is 34.8 Å². The maximum Gasteiger partial charge on any atom is 0.326 e. The molecule has 1 atom stereocenters. The molecule has 0 bridgehead atoms. The van der Waals surface area contributed by atoms with Gasteiger partial charge < -0.3 is 32.3 Å². The maximum atomic E-state index is 11.8. The standard InChI is InChI=1S/C48H42O12P2/c1-54-46(51)29-34-6-18-41(19-7-34)58-61(57-40-16-4-33(5-17-40)28-39(50)32-49)44-24-12-37(13-25-44)38-14-26-45(27-15-38)62(59-42-20-8-35(9-21-42)30-47(52)55-2)60-43-22-10-36(11-23-43)31-48(53)56-3/h4-27,32H,28-31H2,1-3H3. The lowest BCUT2D eigenvalue weighted by molar-refractivity contribution is -0.140. The van der Waals surface area contributed by atoms with Crippen LogP contribution in [0.25, 0.3) is 11.1 Å². The van der Waals surface area contributed by atoms with Crippen molar-refractivity contribution < 1.29 is 56.3 Å². The summed E-state index contributed by atoms with van der Waals surface area (Å²) in [5.74, 6) is 0.601. The molecule has 0 radical (unpaired) electrons. The fourth-order valence-electron chi connectivity index (χ4n) is 5.81. The van der Waals surface area contributed by atoms with Crippen LogP contribution in [0.1, 0.15) is 22.3 Å². The lowest BCUT2D eigenvalue weighted by Gasteiger charge is -2.20. The number of carbonyl (C=O) groups excluding carboxylic acids is 5. The normalized spacial score (nSPS) is 11.2. The molecule has 0 spiro atoms. The van der Waals surface area contributed by atoms with Crippen molar-refractivity contribution in [2.24, 2.45) is 0 Å². The molecule has 0 saturated heterocycles. The number of ether oxygens (including phenoxy) is 3. The second-order valence-electron chi connectivity index (χ2n) is 13.6. The minimum absolute atomic E-state index is 0.00178. The van der Waals surface area contributed by atoms with E-state index in [1.165, 1.54) is 21.3 Å². The summed E-state index contributed by atoms with van der Waals surface area (Å²) in [5.41, 5.74) is 4.88. The Hall–Kier alpha value is -6.87. The van der Waals surface area contributed by atoms with E-state index in [-0.39, 0.29) is 43.6 Å². The quantitative estimate of drug-likeness (QED) is 0.0241. The Bertz CT molecular complexity index is 2370.